The minimum absolute atomic E-state index is 1.12. The van der Waals surface area contributed by atoms with Crippen molar-refractivity contribution in [2.45, 2.75) is 0 Å². The molecule has 0 atom stereocenters. The molecule has 9 aromatic rings. The third kappa shape index (κ3) is 5.06. The molecule has 0 spiro atoms. The smallest absolute Gasteiger partial charge is 0.0478 e. The highest BCUT2D eigenvalue weighted by Crippen LogP contribution is 2.42. The van der Waals surface area contributed by atoms with Crippen molar-refractivity contribution in [3.63, 3.8) is 0 Å². The van der Waals surface area contributed by atoms with Crippen LogP contribution in [-0.2, 0) is 7.05 Å². The maximum atomic E-state index is 2.38. The Balaban J connectivity index is 1.11. The standard InChI is InChI=1S/C45H32N2S/c1-46-27-26-37-28-36(20-25-43(37)46)34-16-14-33(15-17-34)35-10-7-11-39(29-35)47(38-21-18-32(19-22-38)31-8-3-2-4-9-31)40-23-24-42-41-12-5-6-13-44(41)48-45(42)30-40/h2-30H,1H3. The molecule has 0 aliphatic carbocycles. The summed E-state index contributed by atoms with van der Waals surface area (Å²) in [5.74, 6) is 0. The molecule has 2 heterocycles. The average Bonchev–Trinajstić information content (AvgIpc) is 3.72. The number of aryl methyl sites for hydroxylation is 1. The van der Waals surface area contributed by atoms with Gasteiger partial charge < -0.3 is 9.47 Å². The topological polar surface area (TPSA) is 8.17 Å². The minimum atomic E-state index is 1.12. The van der Waals surface area contributed by atoms with Crippen molar-refractivity contribution in [2.24, 2.45) is 7.05 Å². The molecule has 0 fully saturated rings. The summed E-state index contributed by atoms with van der Waals surface area (Å²) in [7, 11) is 2.09. The largest absolute Gasteiger partial charge is 0.351 e. The Hall–Kier alpha value is -5.90. The molecule has 0 aliphatic rings. The van der Waals surface area contributed by atoms with E-state index in [1.54, 1.807) is 0 Å². The number of hydrogen-bond acceptors (Lipinski definition) is 2. The number of fused-ring (bicyclic) bond motifs is 4. The van der Waals surface area contributed by atoms with Gasteiger partial charge in [-0.05, 0) is 94.0 Å². The van der Waals surface area contributed by atoms with E-state index in [9.17, 15) is 0 Å². The van der Waals surface area contributed by atoms with Crippen molar-refractivity contribution in [2.75, 3.05) is 4.90 Å². The maximum Gasteiger partial charge on any atom is 0.0478 e. The fraction of sp³-hybridized carbons (Fsp3) is 0.0222. The van der Waals surface area contributed by atoms with E-state index < -0.39 is 0 Å². The van der Waals surface area contributed by atoms with E-state index in [0.29, 0.717) is 0 Å². The SMILES string of the molecule is Cn1ccc2cc(-c3ccc(-c4cccc(N(c5ccc(-c6ccccc6)cc5)c5ccc6c(c5)sc5ccccc56)c4)cc3)ccc21. The number of rotatable bonds is 6. The predicted molar refractivity (Wildman–Crippen MR) is 207 cm³/mol. The van der Waals surface area contributed by atoms with Crippen molar-refractivity contribution >= 4 is 59.5 Å². The average molecular weight is 633 g/mol. The Kier molecular flexibility index (Phi) is 6.92. The number of nitrogens with zero attached hydrogens (tertiary/aromatic N) is 2. The predicted octanol–water partition coefficient (Wildman–Crippen LogP) is 13.0. The van der Waals surface area contributed by atoms with Gasteiger partial charge in [0.15, 0.2) is 0 Å². The number of aromatic nitrogens is 1. The van der Waals surface area contributed by atoms with Crippen LogP contribution in [0.4, 0.5) is 17.1 Å². The van der Waals surface area contributed by atoms with Gasteiger partial charge in [0.05, 0.1) is 0 Å². The zero-order valence-electron chi connectivity index (χ0n) is 26.5. The van der Waals surface area contributed by atoms with Gasteiger partial charge in [-0.25, -0.2) is 0 Å². The van der Waals surface area contributed by atoms with E-state index in [4.69, 9.17) is 0 Å². The molecular weight excluding hydrogens is 601 g/mol. The van der Waals surface area contributed by atoms with Crippen LogP contribution >= 0.6 is 11.3 Å². The van der Waals surface area contributed by atoms with Gasteiger partial charge in [-0.2, -0.15) is 0 Å². The number of anilines is 3. The summed E-state index contributed by atoms with van der Waals surface area (Å²) < 4.78 is 4.77. The van der Waals surface area contributed by atoms with Gasteiger partial charge in [-0.15, -0.1) is 11.3 Å². The fourth-order valence-electron chi connectivity index (χ4n) is 6.88. The van der Waals surface area contributed by atoms with Crippen LogP contribution in [0, 0.1) is 0 Å². The molecule has 0 amide bonds. The van der Waals surface area contributed by atoms with Gasteiger partial charge >= 0.3 is 0 Å². The highest BCUT2D eigenvalue weighted by atomic mass is 32.1. The van der Waals surface area contributed by atoms with Crippen LogP contribution in [0.25, 0.3) is 64.5 Å². The molecule has 228 valence electrons. The molecule has 0 saturated carbocycles. The van der Waals surface area contributed by atoms with E-state index in [2.05, 4.69) is 193 Å². The Morgan fingerprint density at radius 1 is 0.417 bits per heavy atom. The first-order valence-electron chi connectivity index (χ1n) is 16.3. The van der Waals surface area contributed by atoms with Crippen LogP contribution in [0.1, 0.15) is 0 Å². The van der Waals surface area contributed by atoms with Crippen molar-refractivity contribution in [1.29, 1.82) is 0 Å². The highest BCUT2D eigenvalue weighted by molar-refractivity contribution is 7.25. The van der Waals surface area contributed by atoms with E-state index >= 15 is 0 Å². The van der Waals surface area contributed by atoms with Gasteiger partial charge in [0, 0.05) is 61.4 Å². The first-order valence-corrected chi connectivity index (χ1v) is 17.1. The summed E-state index contributed by atoms with van der Waals surface area (Å²) in [6, 6.07) is 61.8. The molecule has 0 saturated heterocycles. The maximum absolute atomic E-state index is 2.38. The molecule has 48 heavy (non-hydrogen) atoms. The number of thiophene rings is 1. The Morgan fingerprint density at radius 3 is 1.81 bits per heavy atom. The summed E-state index contributed by atoms with van der Waals surface area (Å²) in [5, 5.41) is 3.88. The van der Waals surface area contributed by atoms with Gasteiger partial charge in [-0.1, -0.05) is 109 Å². The quantitative estimate of drug-likeness (QED) is 0.177. The van der Waals surface area contributed by atoms with E-state index in [-0.39, 0.29) is 0 Å². The Labute approximate surface area is 284 Å². The summed E-state index contributed by atoms with van der Waals surface area (Å²) in [6.07, 6.45) is 2.12. The summed E-state index contributed by atoms with van der Waals surface area (Å²) in [5.41, 5.74) is 11.9. The van der Waals surface area contributed by atoms with Crippen LogP contribution < -0.4 is 4.90 Å². The van der Waals surface area contributed by atoms with E-state index in [1.807, 2.05) is 11.3 Å². The van der Waals surface area contributed by atoms with Crippen LogP contribution in [0.3, 0.4) is 0 Å². The first-order chi connectivity index (χ1) is 23.7. The summed E-state index contributed by atoms with van der Waals surface area (Å²) in [6.45, 7) is 0. The van der Waals surface area contributed by atoms with Gasteiger partial charge in [-0.3, -0.25) is 0 Å². The third-order valence-electron chi connectivity index (χ3n) is 9.39. The van der Waals surface area contributed by atoms with Crippen LogP contribution in [0.5, 0.6) is 0 Å². The molecule has 7 aromatic carbocycles. The first kappa shape index (κ1) is 28.3. The molecule has 0 bridgehead atoms. The lowest BCUT2D eigenvalue weighted by atomic mass is 9.99. The van der Waals surface area contributed by atoms with Crippen LogP contribution in [0.15, 0.2) is 176 Å². The Morgan fingerprint density at radius 2 is 1.00 bits per heavy atom. The van der Waals surface area contributed by atoms with E-state index in [1.165, 1.54) is 64.5 Å². The molecule has 0 unspecified atom stereocenters. The second-order valence-electron chi connectivity index (χ2n) is 12.4. The van der Waals surface area contributed by atoms with Crippen LogP contribution in [-0.4, -0.2) is 4.57 Å². The van der Waals surface area contributed by atoms with Crippen molar-refractivity contribution in [1.82, 2.24) is 4.57 Å². The lowest BCUT2D eigenvalue weighted by Crippen LogP contribution is -2.09. The normalized spacial score (nSPS) is 11.4. The van der Waals surface area contributed by atoms with Crippen molar-refractivity contribution in [3.8, 4) is 33.4 Å². The van der Waals surface area contributed by atoms with E-state index in [0.717, 1.165) is 17.1 Å². The Bertz CT molecular complexity index is 2560. The highest BCUT2D eigenvalue weighted by Gasteiger charge is 2.16. The van der Waals surface area contributed by atoms with Crippen LogP contribution in [0.2, 0.25) is 0 Å². The molecule has 0 N–H and O–H groups in total. The molecule has 3 heteroatoms. The molecule has 0 aliphatic heterocycles. The number of benzene rings is 7. The number of hydrogen-bond donors (Lipinski definition) is 0. The fourth-order valence-corrected chi connectivity index (χ4v) is 8.01. The zero-order chi connectivity index (χ0) is 32.0. The summed E-state index contributed by atoms with van der Waals surface area (Å²) >= 11 is 1.86. The lowest BCUT2D eigenvalue weighted by Gasteiger charge is -2.26. The molecule has 2 aromatic heterocycles. The third-order valence-corrected chi connectivity index (χ3v) is 10.5. The molecule has 2 nitrogen and oxygen atoms in total. The van der Waals surface area contributed by atoms with Gasteiger partial charge in [0.25, 0.3) is 0 Å². The van der Waals surface area contributed by atoms with Crippen molar-refractivity contribution in [3.05, 3.63) is 176 Å². The second kappa shape index (κ2) is 11.7. The molecular formula is C45H32N2S. The second-order valence-corrected chi connectivity index (χ2v) is 13.4. The summed E-state index contributed by atoms with van der Waals surface area (Å²) in [4.78, 5) is 2.38. The zero-order valence-corrected chi connectivity index (χ0v) is 27.4. The van der Waals surface area contributed by atoms with Crippen molar-refractivity contribution < 1.29 is 0 Å². The monoisotopic (exact) mass is 632 g/mol. The molecule has 0 radical (unpaired) electrons. The lowest BCUT2D eigenvalue weighted by molar-refractivity contribution is 0.969. The van der Waals surface area contributed by atoms with Gasteiger partial charge in [0.1, 0.15) is 0 Å². The minimum Gasteiger partial charge on any atom is -0.351 e. The molecule has 9 rings (SSSR count). The van der Waals surface area contributed by atoms with Gasteiger partial charge in [0.2, 0.25) is 0 Å².